The van der Waals surface area contributed by atoms with E-state index in [4.69, 9.17) is 10.5 Å². The van der Waals surface area contributed by atoms with E-state index in [1.54, 1.807) is 24.3 Å². The number of hydrogen-bond acceptors (Lipinski definition) is 8. The van der Waals surface area contributed by atoms with Crippen LogP contribution in [-0.2, 0) is 42.4 Å². The van der Waals surface area contributed by atoms with Gasteiger partial charge in [0.15, 0.2) is 0 Å². The van der Waals surface area contributed by atoms with Crippen LogP contribution in [0.15, 0.2) is 42.5 Å². The summed E-state index contributed by atoms with van der Waals surface area (Å²) in [5, 5.41) is 24.6. The molecule has 0 spiro atoms. The number of nitrogens with one attached hydrogen (secondary N) is 5. The molecule has 354 valence electrons. The topological polar surface area (TPSA) is 218 Å². The van der Waals surface area contributed by atoms with Gasteiger partial charge in [-0.05, 0) is 159 Å². The molecule has 4 fully saturated rings. The molecule has 2 aromatic carbocycles. The molecule has 4 saturated carbocycles. The average Bonchev–Trinajstić information content (AvgIpc) is 3.26. The lowest BCUT2D eigenvalue weighted by atomic mass is 9.44. The van der Waals surface area contributed by atoms with E-state index in [-0.39, 0.29) is 65.6 Å². The first kappa shape index (κ1) is 48.0. The van der Waals surface area contributed by atoms with Gasteiger partial charge >= 0.3 is 12.1 Å². The fraction of sp³-hybridized carbons (Fsp3) is 0.647. The van der Waals surface area contributed by atoms with E-state index >= 15 is 0 Å². The summed E-state index contributed by atoms with van der Waals surface area (Å²) in [7, 11) is 0. The fourth-order valence-corrected chi connectivity index (χ4v) is 13.5. The maximum Gasteiger partial charge on any atom is 0.407 e. The minimum atomic E-state index is -0.756. The molecular weight excluding hydrogens is 825 g/mol. The van der Waals surface area contributed by atoms with Crippen LogP contribution in [0.4, 0.5) is 21.0 Å². The number of aryl methyl sites for hydroxylation is 1. The Morgan fingerprint density at radius 1 is 0.800 bits per heavy atom. The molecule has 7 rings (SSSR count). The van der Waals surface area contributed by atoms with E-state index in [1.165, 1.54) is 5.56 Å². The predicted molar refractivity (Wildman–Crippen MR) is 248 cm³/mol. The van der Waals surface area contributed by atoms with Crippen LogP contribution < -0.4 is 32.3 Å². The van der Waals surface area contributed by atoms with Gasteiger partial charge in [-0.25, -0.2) is 9.59 Å². The Bertz CT molecular complexity index is 2130. The van der Waals surface area contributed by atoms with Crippen molar-refractivity contribution in [1.29, 1.82) is 0 Å². The van der Waals surface area contributed by atoms with Crippen molar-refractivity contribution in [2.75, 3.05) is 23.7 Å². The number of aliphatic hydroxyl groups excluding tert-OH is 1. The Morgan fingerprint density at radius 3 is 2.20 bits per heavy atom. The lowest BCUT2D eigenvalue weighted by molar-refractivity contribution is -0.163. The van der Waals surface area contributed by atoms with Gasteiger partial charge in [-0.1, -0.05) is 65.7 Å². The predicted octanol–water partition coefficient (Wildman–Crippen LogP) is 7.61. The SMILES string of the molecule is C[C@@H](CCCNC(N)=O)C(=O)Nc1ccc(COC(=O)NCC(=O)Nc2ccc3c(c2)[C@@]2(C)CCC[C@](C)(C(=O)NC(=O)[C@@]4(C)CCC[C@]5(C)C6CC(O)CCC6CC[C@@H]45)[C@@H]2CC3)cc1. The van der Waals surface area contributed by atoms with Crippen molar-refractivity contribution in [2.24, 2.45) is 51.6 Å². The molecule has 2 aromatic rings. The molecule has 0 aromatic heterocycles. The molecule has 10 atom stereocenters. The number of urea groups is 1. The molecule has 7 amide bonds. The number of fused-ring (bicyclic) bond motifs is 6. The number of carbonyl (C=O) groups is 6. The zero-order valence-electron chi connectivity index (χ0n) is 39.1. The molecule has 0 aliphatic heterocycles. The smallest absolute Gasteiger partial charge is 0.407 e. The van der Waals surface area contributed by atoms with E-state index < -0.39 is 28.9 Å². The van der Waals surface area contributed by atoms with Crippen LogP contribution in [-0.4, -0.2) is 60.1 Å². The van der Waals surface area contributed by atoms with Gasteiger partial charge in [-0.2, -0.15) is 0 Å². The Hall–Kier alpha value is -4.98. The molecule has 0 bridgehead atoms. The number of imide groups is 1. The van der Waals surface area contributed by atoms with Gasteiger partial charge in [0.25, 0.3) is 0 Å². The zero-order valence-corrected chi connectivity index (χ0v) is 39.1. The Balaban J connectivity index is 0.911. The molecule has 8 N–H and O–H groups in total. The molecule has 65 heavy (non-hydrogen) atoms. The number of aliphatic hydroxyl groups is 1. The van der Waals surface area contributed by atoms with Gasteiger partial charge in [0, 0.05) is 23.8 Å². The summed E-state index contributed by atoms with van der Waals surface area (Å²) in [5.41, 5.74) is 7.49. The molecule has 3 unspecified atom stereocenters. The number of benzene rings is 2. The Kier molecular flexibility index (Phi) is 14.4. The van der Waals surface area contributed by atoms with E-state index in [1.807, 2.05) is 19.1 Å². The van der Waals surface area contributed by atoms with Crippen molar-refractivity contribution in [3.05, 3.63) is 59.2 Å². The monoisotopic (exact) mass is 897 g/mol. The number of primary amides is 1. The molecular formula is C51H72N6O8. The van der Waals surface area contributed by atoms with Gasteiger partial charge in [0.05, 0.1) is 16.9 Å². The zero-order chi connectivity index (χ0) is 46.7. The second-order valence-corrected chi connectivity index (χ2v) is 21.2. The van der Waals surface area contributed by atoms with Crippen molar-refractivity contribution in [1.82, 2.24) is 16.0 Å². The first-order valence-electron chi connectivity index (χ1n) is 24.2. The third-order valence-electron chi connectivity index (χ3n) is 17.1. The van der Waals surface area contributed by atoms with Crippen LogP contribution in [0.3, 0.4) is 0 Å². The number of alkyl carbamates (subject to hydrolysis) is 1. The third kappa shape index (κ3) is 10.1. The van der Waals surface area contributed by atoms with Crippen molar-refractivity contribution >= 4 is 47.1 Å². The van der Waals surface area contributed by atoms with Crippen LogP contribution in [0.1, 0.15) is 141 Å². The van der Waals surface area contributed by atoms with Crippen LogP contribution in [0, 0.1) is 45.8 Å². The lowest BCUT2D eigenvalue weighted by Gasteiger charge is -2.61. The van der Waals surface area contributed by atoms with Crippen LogP contribution in [0.2, 0.25) is 0 Å². The largest absolute Gasteiger partial charge is 0.445 e. The van der Waals surface area contributed by atoms with E-state index in [0.717, 1.165) is 82.6 Å². The number of rotatable bonds is 13. The summed E-state index contributed by atoms with van der Waals surface area (Å²) >= 11 is 0. The number of amides is 7. The maximum atomic E-state index is 14.6. The number of hydrogen-bond donors (Lipinski definition) is 7. The number of anilines is 2. The summed E-state index contributed by atoms with van der Waals surface area (Å²) in [6.07, 6.45) is 11.8. The average molecular weight is 897 g/mol. The van der Waals surface area contributed by atoms with Crippen molar-refractivity contribution < 1.29 is 38.6 Å². The maximum absolute atomic E-state index is 14.6. The highest BCUT2D eigenvalue weighted by molar-refractivity contribution is 6.01. The first-order valence-corrected chi connectivity index (χ1v) is 24.2. The van der Waals surface area contributed by atoms with Gasteiger partial charge in [-0.15, -0.1) is 0 Å². The highest BCUT2D eigenvalue weighted by Crippen LogP contribution is 2.64. The quantitative estimate of drug-likeness (QED) is 0.0782. The standard InChI is InChI=1S/C51H72N6O8/c1-31(9-6-26-53-46(52)63)43(60)56-35-16-10-32(11-17-35)30-65-47(64)54-29-42(59)55-36-18-12-33-14-20-40-48(2,38(33)27-36)22-7-24-50(40,4)44(61)57-45(62)51(5)25-8-23-49(3)39-28-37(58)19-13-34(39)15-21-41(49)51/h10-12,16-18,27,31,34,37,39-41,58H,6-9,13-15,19-26,28-30H2,1-5H3,(H,54,64)(H,55,59)(H,56,60)(H3,52,53,63)(H,57,61,62)/t31-,34?,37?,39?,40+,41+,48+,49+,50-,51-/m0/s1. The van der Waals surface area contributed by atoms with E-state index in [9.17, 15) is 33.9 Å². The Labute approximate surface area is 384 Å². The molecule has 0 radical (unpaired) electrons. The second kappa shape index (κ2) is 19.5. The minimum absolute atomic E-state index is 0.0109. The summed E-state index contributed by atoms with van der Waals surface area (Å²) in [6, 6.07) is 12.3. The summed E-state index contributed by atoms with van der Waals surface area (Å²) < 4.78 is 5.34. The molecule has 5 aliphatic rings. The summed E-state index contributed by atoms with van der Waals surface area (Å²) in [6.45, 7) is 10.6. The van der Waals surface area contributed by atoms with Crippen LogP contribution in [0.25, 0.3) is 0 Å². The molecule has 0 saturated heterocycles. The van der Waals surface area contributed by atoms with Crippen LogP contribution >= 0.6 is 0 Å². The molecule has 0 heterocycles. The first-order chi connectivity index (χ1) is 30.9. The normalized spacial score (nSPS) is 31.8. The molecule has 14 nitrogen and oxygen atoms in total. The summed E-state index contributed by atoms with van der Waals surface area (Å²) in [4.78, 5) is 78.2. The minimum Gasteiger partial charge on any atom is -0.445 e. The lowest BCUT2D eigenvalue weighted by Crippen LogP contribution is -2.61. The van der Waals surface area contributed by atoms with E-state index in [2.05, 4.69) is 60.3 Å². The van der Waals surface area contributed by atoms with E-state index in [0.29, 0.717) is 54.6 Å². The van der Waals surface area contributed by atoms with Crippen molar-refractivity contribution in [2.45, 2.75) is 149 Å². The number of carbonyl (C=O) groups excluding carboxylic acids is 6. The van der Waals surface area contributed by atoms with Gasteiger partial charge < -0.3 is 36.8 Å². The van der Waals surface area contributed by atoms with Gasteiger partial charge in [0.1, 0.15) is 13.2 Å². The molecule has 5 aliphatic carbocycles. The summed E-state index contributed by atoms with van der Waals surface area (Å²) in [5.74, 6) is 0.0398. The van der Waals surface area contributed by atoms with Crippen LogP contribution in [0.5, 0.6) is 0 Å². The van der Waals surface area contributed by atoms with Crippen molar-refractivity contribution in [3.63, 3.8) is 0 Å². The fourth-order valence-electron chi connectivity index (χ4n) is 13.5. The third-order valence-corrected chi connectivity index (χ3v) is 17.1. The van der Waals surface area contributed by atoms with Crippen molar-refractivity contribution in [3.8, 4) is 0 Å². The highest BCUT2D eigenvalue weighted by Gasteiger charge is 2.61. The highest BCUT2D eigenvalue weighted by atomic mass is 16.5. The Morgan fingerprint density at radius 2 is 1.48 bits per heavy atom. The van der Waals surface area contributed by atoms with Gasteiger partial charge in [0.2, 0.25) is 23.6 Å². The second-order valence-electron chi connectivity index (χ2n) is 21.2. The van der Waals surface area contributed by atoms with Gasteiger partial charge in [-0.3, -0.25) is 24.5 Å². The number of ether oxygens (including phenoxy) is 1. The number of nitrogens with two attached hydrogens (primary N) is 1. The molecule has 14 heteroatoms.